The van der Waals surface area contributed by atoms with Crippen molar-refractivity contribution in [3.8, 4) is 0 Å². The summed E-state index contributed by atoms with van der Waals surface area (Å²) in [6, 6.07) is 0. The van der Waals surface area contributed by atoms with Gasteiger partial charge in [0.2, 0.25) is 16.0 Å². The van der Waals surface area contributed by atoms with Gasteiger partial charge in [-0.05, 0) is 20.0 Å². The van der Waals surface area contributed by atoms with Crippen molar-refractivity contribution in [3.63, 3.8) is 0 Å². The average Bonchev–Trinajstić information content (AvgIpc) is 2.64. The zero-order valence-electron chi connectivity index (χ0n) is 11.2. The molecule has 2 rings (SSSR count). The van der Waals surface area contributed by atoms with E-state index in [1.54, 1.807) is 7.05 Å². The second-order valence-corrected chi connectivity index (χ2v) is 6.49. The number of hydrogen-bond donors (Lipinski definition) is 1. The smallest absolute Gasteiger partial charge is 0.246 e. The van der Waals surface area contributed by atoms with Gasteiger partial charge in [-0.25, -0.2) is 18.4 Å². The standard InChI is InChI=1S/C11H19N5O2S/c1-12-11-13-8-10(9-14-11)19(17,18)16-5-3-4-15(2)6-7-16/h8-9H,3-7H2,1-2H3,(H,12,13,14). The van der Waals surface area contributed by atoms with E-state index >= 15 is 0 Å². The van der Waals surface area contributed by atoms with Crippen LogP contribution in [-0.4, -0.2) is 67.9 Å². The van der Waals surface area contributed by atoms with Crippen LogP contribution in [0.4, 0.5) is 5.95 Å². The molecule has 1 aliphatic heterocycles. The normalized spacial score (nSPS) is 19.1. The maximum atomic E-state index is 12.5. The van der Waals surface area contributed by atoms with E-state index in [0.717, 1.165) is 19.5 Å². The molecule has 0 atom stereocenters. The quantitative estimate of drug-likeness (QED) is 0.832. The molecule has 1 saturated heterocycles. The Labute approximate surface area is 113 Å². The van der Waals surface area contributed by atoms with E-state index in [1.807, 2.05) is 7.05 Å². The Bertz CT molecular complexity index is 516. The summed E-state index contributed by atoms with van der Waals surface area (Å²) in [4.78, 5) is 10.2. The van der Waals surface area contributed by atoms with Gasteiger partial charge >= 0.3 is 0 Å². The fourth-order valence-corrected chi connectivity index (χ4v) is 3.35. The molecule has 106 valence electrons. The lowest BCUT2D eigenvalue weighted by molar-refractivity contribution is 0.347. The van der Waals surface area contributed by atoms with E-state index in [4.69, 9.17) is 0 Å². The van der Waals surface area contributed by atoms with Crippen molar-refractivity contribution in [2.45, 2.75) is 11.3 Å². The minimum absolute atomic E-state index is 0.149. The summed E-state index contributed by atoms with van der Waals surface area (Å²) >= 11 is 0. The van der Waals surface area contributed by atoms with Gasteiger partial charge in [0.25, 0.3) is 0 Å². The second-order valence-electron chi connectivity index (χ2n) is 4.55. The molecule has 1 aliphatic rings. The highest BCUT2D eigenvalue weighted by molar-refractivity contribution is 7.89. The number of rotatable bonds is 3. The molecular weight excluding hydrogens is 266 g/mol. The third-order valence-electron chi connectivity index (χ3n) is 3.17. The summed E-state index contributed by atoms with van der Waals surface area (Å²) in [6.07, 6.45) is 3.54. The number of anilines is 1. The SMILES string of the molecule is CNc1ncc(S(=O)(=O)N2CCCN(C)CC2)cn1. The molecular formula is C11H19N5O2S. The van der Waals surface area contributed by atoms with Crippen molar-refractivity contribution < 1.29 is 8.42 Å². The topological polar surface area (TPSA) is 78.4 Å². The first-order chi connectivity index (χ1) is 9.04. The van der Waals surface area contributed by atoms with Crippen LogP contribution in [-0.2, 0) is 10.0 Å². The Morgan fingerprint density at radius 2 is 1.84 bits per heavy atom. The Balaban J connectivity index is 2.20. The van der Waals surface area contributed by atoms with E-state index < -0.39 is 10.0 Å². The number of nitrogens with one attached hydrogen (secondary N) is 1. The Morgan fingerprint density at radius 1 is 1.16 bits per heavy atom. The lowest BCUT2D eigenvalue weighted by Gasteiger charge is -2.19. The van der Waals surface area contributed by atoms with Gasteiger partial charge < -0.3 is 10.2 Å². The summed E-state index contributed by atoms with van der Waals surface area (Å²) in [5.41, 5.74) is 0. The van der Waals surface area contributed by atoms with Gasteiger partial charge in [-0.3, -0.25) is 0 Å². The monoisotopic (exact) mass is 285 g/mol. The van der Waals surface area contributed by atoms with Gasteiger partial charge in [-0.2, -0.15) is 4.31 Å². The molecule has 1 N–H and O–H groups in total. The summed E-state index contributed by atoms with van der Waals surface area (Å²) in [5.74, 6) is 0.412. The van der Waals surface area contributed by atoms with Crippen molar-refractivity contribution in [2.75, 3.05) is 45.6 Å². The molecule has 0 amide bonds. The molecule has 0 aromatic carbocycles. The fourth-order valence-electron chi connectivity index (χ4n) is 1.99. The van der Waals surface area contributed by atoms with Crippen LogP contribution in [0.25, 0.3) is 0 Å². The summed E-state index contributed by atoms with van der Waals surface area (Å²) < 4.78 is 26.4. The molecule has 1 aromatic heterocycles. The highest BCUT2D eigenvalue weighted by Crippen LogP contribution is 2.16. The molecule has 0 bridgehead atoms. The van der Waals surface area contributed by atoms with E-state index in [0.29, 0.717) is 19.0 Å². The molecule has 1 aromatic rings. The van der Waals surface area contributed by atoms with Crippen molar-refractivity contribution in [1.82, 2.24) is 19.2 Å². The molecule has 19 heavy (non-hydrogen) atoms. The van der Waals surface area contributed by atoms with Crippen molar-refractivity contribution in [2.24, 2.45) is 0 Å². The van der Waals surface area contributed by atoms with Crippen LogP contribution in [0, 0.1) is 0 Å². The molecule has 0 saturated carbocycles. The van der Waals surface area contributed by atoms with Gasteiger partial charge in [0.1, 0.15) is 4.90 Å². The van der Waals surface area contributed by atoms with E-state index in [2.05, 4.69) is 20.2 Å². The first-order valence-corrected chi connectivity index (χ1v) is 7.66. The average molecular weight is 285 g/mol. The molecule has 0 unspecified atom stereocenters. The summed E-state index contributed by atoms with van der Waals surface area (Å²) in [5, 5.41) is 2.76. The molecule has 1 fully saturated rings. The molecule has 8 heteroatoms. The zero-order chi connectivity index (χ0) is 13.9. The van der Waals surface area contributed by atoms with Crippen LogP contribution in [0.15, 0.2) is 17.3 Å². The van der Waals surface area contributed by atoms with Crippen molar-refractivity contribution in [1.29, 1.82) is 0 Å². The number of nitrogens with zero attached hydrogens (tertiary/aromatic N) is 4. The zero-order valence-corrected chi connectivity index (χ0v) is 12.0. The van der Waals surface area contributed by atoms with Gasteiger partial charge in [-0.1, -0.05) is 0 Å². The van der Waals surface area contributed by atoms with E-state index in [9.17, 15) is 8.42 Å². The predicted octanol–water partition coefficient (Wildman–Crippen LogP) is -0.155. The number of sulfonamides is 1. The lowest BCUT2D eigenvalue weighted by atomic mass is 10.4. The highest BCUT2D eigenvalue weighted by atomic mass is 32.2. The van der Waals surface area contributed by atoms with Crippen molar-refractivity contribution in [3.05, 3.63) is 12.4 Å². The number of likely N-dealkylation sites (N-methyl/N-ethyl adjacent to an activating group) is 1. The molecule has 7 nitrogen and oxygen atoms in total. The molecule has 0 spiro atoms. The van der Waals surface area contributed by atoms with Crippen LogP contribution in [0.3, 0.4) is 0 Å². The van der Waals surface area contributed by atoms with Crippen LogP contribution < -0.4 is 5.32 Å². The molecule has 0 aliphatic carbocycles. The molecule has 2 heterocycles. The first-order valence-electron chi connectivity index (χ1n) is 6.22. The third-order valence-corrected chi connectivity index (χ3v) is 5.02. The van der Waals surface area contributed by atoms with Gasteiger partial charge in [-0.15, -0.1) is 0 Å². The number of hydrogen-bond acceptors (Lipinski definition) is 6. The summed E-state index contributed by atoms with van der Waals surface area (Å²) in [7, 11) is 0.210. The van der Waals surface area contributed by atoms with Crippen LogP contribution in [0.5, 0.6) is 0 Å². The van der Waals surface area contributed by atoms with E-state index in [1.165, 1.54) is 16.7 Å². The van der Waals surface area contributed by atoms with Gasteiger partial charge in [0, 0.05) is 26.7 Å². The second kappa shape index (κ2) is 5.81. The van der Waals surface area contributed by atoms with Crippen LogP contribution >= 0.6 is 0 Å². The fraction of sp³-hybridized carbons (Fsp3) is 0.636. The van der Waals surface area contributed by atoms with Gasteiger partial charge in [0.15, 0.2) is 0 Å². The Kier molecular flexibility index (Phi) is 4.33. The maximum Gasteiger partial charge on any atom is 0.246 e. The predicted molar refractivity (Wildman–Crippen MR) is 72.5 cm³/mol. The van der Waals surface area contributed by atoms with Gasteiger partial charge in [0.05, 0.1) is 12.4 Å². The largest absolute Gasteiger partial charge is 0.357 e. The summed E-state index contributed by atoms with van der Waals surface area (Å²) in [6.45, 7) is 2.71. The Hall–Kier alpha value is -1.25. The minimum Gasteiger partial charge on any atom is -0.357 e. The van der Waals surface area contributed by atoms with E-state index in [-0.39, 0.29) is 4.90 Å². The van der Waals surface area contributed by atoms with Crippen molar-refractivity contribution >= 4 is 16.0 Å². The minimum atomic E-state index is -3.48. The number of aromatic nitrogens is 2. The van der Waals surface area contributed by atoms with Crippen LogP contribution in [0.2, 0.25) is 0 Å². The van der Waals surface area contributed by atoms with Crippen LogP contribution in [0.1, 0.15) is 6.42 Å². The lowest BCUT2D eigenvalue weighted by Crippen LogP contribution is -2.34. The Morgan fingerprint density at radius 3 is 2.47 bits per heavy atom. The molecule has 0 radical (unpaired) electrons. The first kappa shape index (κ1) is 14.2. The highest BCUT2D eigenvalue weighted by Gasteiger charge is 2.26. The third kappa shape index (κ3) is 3.20. The maximum absolute atomic E-state index is 12.5.